The van der Waals surface area contributed by atoms with E-state index < -0.39 is 66.3 Å². The van der Waals surface area contributed by atoms with Gasteiger partial charge in [0.25, 0.3) is 0 Å². The van der Waals surface area contributed by atoms with Gasteiger partial charge in [0.05, 0.1) is 18.9 Å². The van der Waals surface area contributed by atoms with Crippen LogP contribution < -0.4 is 27.8 Å². The maximum atomic E-state index is 14.4. The predicted octanol–water partition coefficient (Wildman–Crippen LogP) is -1.55. The molecule has 0 bridgehead atoms. The van der Waals surface area contributed by atoms with Crippen LogP contribution >= 0.6 is 0 Å². The number of ketones is 1. The number of nitrogens with zero attached hydrogens (tertiary/aromatic N) is 3. The van der Waals surface area contributed by atoms with Gasteiger partial charge in [0.1, 0.15) is 18.3 Å². The smallest absolute Gasteiger partial charge is 0.246 e. The molecule has 9 N–H and O–H groups in total. The molecule has 0 radical (unpaired) electrons. The number of hydrogen-bond donors (Lipinski definition) is 6. The number of likely N-dealkylation sites (tertiary alicyclic amines) is 1. The van der Waals surface area contributed by atoms with E-state index in [9.17, 15) is 28.4 Å². The number of aliphatic imine (C=N–C) groups is 1. The van der Waals surface area contributed by atoms with Crippen LogP contribution in [-0.4, -0.2) is 93.5 Å². The molecule has 2 rings (SSSR count). The number of amides is 3. The molecule has 1 aliphatic heterocycles. The van der Waals surface area contributed by atoms with Gasteiger partial charge in [-0.05, 0) is 32.1 Å². The molecule has 1 aromatic rings. The number of alkyl halides is 1. The van der Waals surface area contributed by atoms with Gasteiger partial charge in [0, 0.05) is 31.3 Å². The third kappa shape index (κ3) is 8.56. The lowest BCUT2D eigenvalue weighted by Gasteiger charge is -2.34. The summed E-state index contributed by atoms with van der Waals surface area (Å²) in [4.78, 5) is 75.7. The molecule has 2 heterocycles. The average molecular weight is 566 g/mol. The van der Waals surface area contributed by atoms with E-state index in [1.165, 1.54) is 12.5 Å². The van der Waals surface area contributed by atoms with Crippen LogP contribution in [0.1, 0.15) is 52.1 Å². The normalized spacial score (nSPS) is 20.9. The number of rotatable bonds is 15. The van der Waals surface area contributed by atoms with Gasteiger partial charge in [-0.25, -0.2) is 9.37 Å². The highest BCUT2D eigenvalue weighted by Crippen LogP contribution is 2.31. The molecule has 1 aliphatic rings. The number of nitrogens with one attached hydrogen (secondary N) is 3. The topological polar surface area (TPSA) is 232 Å². The molecule has 40 heavy (non-hydrogen) atoms. The maximum Gasteiger partial charge on any atom is 0.246 e. The van der Waals surface area contributed by atoms with Crippen molar-refractivity contribution in [3.05, 3.63) is 18.2 Å². The zero-order chi connectivity index (χ0) is 30.0. The number of hydrogen-bond acceptors (Lipinski definition) is 8. The summed E-state index contributed by atoms with van der Waals surface area (Å²) in [6, 6.07) is -3.28. The minimum atomic E-state index is -1.97. The number of carbonyl (C=O) groups is 5. The Kier molecular flexibility index (Phi) is 11.7. The lowest BCUT2D eigenvalue weighted by Crippen LogP contribution is -2.60. The second-order valence-corrected chi connectivity index (χ2v) is 10.4. The van der Waals surface area contributed by atoms with E-state index in [1.54, 1.807) is 0 Å². The molecule has 1 unspecified atom stereocenters. The second-order valence-electron chi connectivity index (χ2n) is 10.4. The van der Waals surface area contributed by atoms with E-state index in [2.05, 4.69) is 25.6 Å². The Morgan fingerprint density at radius 1 is 1.25 bits per heavy atom. The summed E-state index contributed by atoms with van der Waals surface area (Å²) in [5, 5.41) is 5.28. The number of guanidine groups is 1. The Morgan fingerprint density at radius 2 is 1.93 bits per heavy atom. The molecule has 3 amide bonds. The van der Waals surface area contributed by atoms with E-state index in [4.69, 9.17) is 17.2 Å². The Labute approximate surface area is 232 Å². The minimum Gasteiger partial charge on any atom is -0.370 e. The van der Waals surface area contributed by atoms with Gasteiger partial charge in [0.15, 0.2) is 23.6 Å². The molecule has 0 saturated carbocycles. The fourth-order valence-corrected chi connectivity index (χ4v) is 4.62. The molecule has 14 nitrogen and oxygen atoms in total. The van der Waals surface area contributed by atoms with Crippen molar-refractivity contribution in [2.45, 2.75) is 82.7 Å². The van der Waals surface area contributed by atoms with Gasteiger partial charge in [-0.1, -0.05) is 13.8 Å². The van der Waals surface area contributed by atoms with E-state index in [0.29, 0.717) is 5.69 Å². The van der Waals surface area contributed by atoms with Crippen molar-refractivity contribution in [2.75, 3.05) is 13.1 Å². The Bertz CT molecular complexity index is 1080. The summed E-state index contributed by atoms with van der Waals surface area (Å²) < 4.78 is 14.4. The first-order valence-electron chi connectivity index (χ1n) is 13.1. The molecule has 0 aromatic carbocycles. The van der Waals surface area contributed by atoms with Gasteiger partial charge < -0.3 is 42.5 Å². The summed E-state index contributed by atoms with van der Waals surface area (Å²) in [6.07, 6.45) is 1.84. The first kappa shape index (κ1) is 32.3. The van der Waals surface area contributed by atoms with Crippen LogP contribution in [-0.2, 0) is 30.4 Å². The van der Waals surface area contributed by atoms with Gasteiger partial charge in [0.2, 0.25) is 17.7 Å². The van der Waals surface area contributed by atoms with Crippen LogP contribution in [0.4, 0.5) is 4.39 Å². The Morgan fingerprint density at radius 3 is 2.48 bits per heavy atom. The highest BCUT2D eigenvalue weighted by Gasteiger charge is 2.53. The molecule has 5 atom stereocenters. The van der Waals surface area contributed by atoms with Crippen molar-refractivity contribution < 1.29 is 28.4 Å². The summed E-state index contributed by atoms with van der Waals surface area (Å²) in [7, 11) is 0. The molecule has 1 saturated heterocycles. The molecule has 15 heteroatoms. The van der Waals surface area contributed by atoms with Crippen LogP contribution in [0, 0.1) is 5.92 Å². The lowest BCUT2D eigenvalue weighted by atomic mass is 9.92. The van der Waals surface area contributed by atoms with Gasteiger partial charge in [-0.15, -0.1) is 0 Å². The number of carbonyl (C=O) groups excluding carboxylic acids is 5. The summed E-state index contributed by atoms with van der Waals surface area (Å²) in [6.45, 7) is 4.47. The third-order valence-corrected chi connectivity index (χ3v) is 6.70. The fourth-order valence-electron chi connectivity index (χ4n) is 4.62. The number of aromatic nitrogens is 2. The van der Waals surface area contributed by atoms with E-state index in [1.807, 2.05) is 13.8 Å². The molecule has 0 aliphatic carbocycles. The van der Waals surface area contributed by atoms with Crippen molar-refractivity contribution in [1.82, 2.24) is 25.5 Å². The van der Waals surface area contributed by atoms with Crippen molar-refractivity contribution in [1.29, 1.82) is 0 Å². The lowest BCUT2D eigenvalue weighted by molar-refractivity contribution is -0.148. The number of halogens is 1. The number of nitrogens with two attached hydrogens (primary N) is 3. The first-order valence-corrected chi connectivity index (χ1v) is 13.1. The van der Waals surface area contributed by atoms with E-state index >= 15 is 0 Å². The van der Waals surface area contributed by atoms with Gasteiger partial charge in [-0.2, -0.15) is 0 Å². The quantitative estimate of drug-likeness (QED) is 0.0474. The van der Waals surface area contributed by atoms with Crippen LogP contribution in [0.3, 0.4) is 0 Å². The standard InChI is InChI=1S/C25H40FN9O5/c1-14(2)7-20(34-21(38)18(27)8-17-10-30-13-32-17)22(39)33-19(5-4-6-31-24(28)29)23(40)35-11-16(26)9-25(35,12-36)15(3)37/h10,12-14,16,18-20H,4-9,11,27H2,1-3H3,(H,30,32)(H,33,39)(H,34,38)(H4,28,29,31)/t16?,18-,19-,20-,25-/m0/s1. The second kappa shape index (κ2) is 14.5. The molecule has 1 fully saturated rings. The molecular formula is C25H40FN9O5. The summed E-state index contributed by atoms with van der Waals surface area (Å²) in [5.74, 6) is -2.92. The van der Waals surface area contributed by atoms with E-state index in [0.717, 1.165) is 11.8 Å². The van der Waals surface area contributed by atoms with Crippen LogP contribution in [0.2, 0.25) is 0 Å². The Hall–Kier alpha value is -3.88. The van der Waals surface area contributed by atoms with Crippen LogP contribution in [0.15, 0.2) is 17.5 Å². The largest absolute Gasteiger partial charge is 0.370 e. The highest BCUT2D eigenvalue weighted by molar-refractivity contribution is 6.06. The van der Waals surface area contributed by atoms with Crippen molar-refractivity contribution >= 4 is 35.8 Å². The predicted molar refractivity (Wildman–Crippen MR) is 144 cm³/mol. The third-order valence-electron chi connectivity index (χ3n) is 6.70. The SMILES string of the molecule is CC(=O)[C@@]1(C=O)CC(F)CN1C(=O)[C@H](CCCN=C(N)N)NC(=O)[C@H](CC(C)C)NC(=O)[C@@H](N)Cc1cnc[nH]1. The summed E-state index contributed by atoms with van der Waals surface area (Å²) in [5.41, 5.74) is 15.4. The van der Waals surface area contributed by atoms with Crippen molar-refractivity contribution in [3.8, 4) is 0 Å². The molecular weight excluding hydrogens is 525 g/mol. The molecule has 222 valence electrons. The zero-order valence-corrected chi connectivity index (χ0v) is 23.1. The first-order chi connectivity index (χ1) is 18.8. The fraction of sp³-hybridized carbons (Fsp3) is 0.640. The zero-order valence-electron chi connectivity index (χ0n) is 23.1. The highest BCUT2D eigenvalue weighted by atomic mass is 19.1. The maximum absolute atomic E-state index is 14.4. The molecule has 0 spiro atoms. The summed E-state index contributed by atoms with van der Waals surface area (Å²) >= 11 is 0. The number of H-pyrrole nitrogens is 1. The average Bonchev–Trinajstić information content (AvgIpc) is 3.52. The van der Waals surface area contributed by atoms with Crippen LogP contribution in [0.25, 0.3) is 0 Å². The van der Waals surface area contributed by atoms with E-state index in [-0.39, 0.29) is 50.4 Å². The minimum absolute atomic E-state index is 0.0172. The number of aromatic amines is 1. The van der Waals surface area contributed by atoms with Gasteiger partial charge in [-0.3, -0.25) is 24.2 Å². The molecule has 1 aromatic heterocycles. The number of aldehydes is 1. The number of imidazole rings is 1. The van der Waals surface area contributed by atoms with Crippen molar-refractivity contribution in [2.24, 2.45) is 28.1 Å². The van der Waals surface area contributed by atoms with Crippen LogP contribution in [0.5, 0.6) is 0 Å². The van der Waals surface area contributed by atoms with Gasteiger partial charge >= 0.3 is 0 Å². The van der Waals surface area contributed by atoms with Crippen molar-refractivity contribution in [3.63, 3.8) is 0 Å². The number of Topliss-reactive ketones (excluding diaryl/α,β-unsaturated/α-hetero) is 1. The monoisotopic (exact) mass is 565 g/mol. The Balaban J connectivity index is 2.26.